The fourth-order valence-electron chi connectivity index (χ4n) is 1.64. The van der Waals surface area contributed by atoms with E-state index in [-0.39, 0.29) is 6.04 Å². The highest BCUT2D eigenvalue weighted by molar-refractivity contribution is 9.10. The fourth-order valence-corrected chi connectivity index (χ4v) is 2.14. The van der Waals surface area contributed by atoms with Gasteiger partial charge in [0.25, 0.3) is 0 Å². The number of rotatable bonds is 7. The van der Waals surface area contributed by atoms with Crippen LogP contribution in [-0.4, -0.2) is 29.5 Å². The number of hydrogen-bond acceptors (Lipinski definition) is 3. The Bertz CT molecular complexity index is 338. The average molecular weight is 304 g/mol. The Kier molecular flexibility index (Phi) is 6.16. The lowest BCUT2D eigenvalue weighted by molar-refractivity contribution is 0.182. The molecule has 1 aromatic rings. The zero-order valence-electron chi connectivity index (χ0n) is 10.8. The van der Waals surface area contributed by atoms with Crippen LogP contribution < -0.4 is 5.73 Å². The van der Waals surface area contributed by atoms with Crippen molar-refractivity contribution in [3.63, 3.8) is 0 Å². The molecule has 0 amide bonds. The third-order valence-electron chi connectivity index (χ3n) is 2.98. The van der Waals surface area contributed by atoms with Crippen LogP contribution in [0.4, 0.5) is 0 Å². The second-order valence-electron chi connectivity index (χ2n) is 4.60. The first kappa shape index (κ1) is 14.7. The first-order valence-corrected chi connectivity index (χ1v) is 6.80. The minimum atomic E-state index is 0.243. The minimum Gasteiger partial charge on any atom is -0.383 e. The molecule has 0 aliphatic heterocycles. The van der Waals surface area contributed by atoms with Gasteiger partial charge in [-0.1, -0.05) is 13.8 Å². The predicted octanol–water partition coefficient (Wildman–Crippen LogP) is 2.21. The molecule has 0 radical (unpaired) electrons. The number of nitrogens with zero attached hydrogens (tertiary/aromatic N) is 2. The van der Waals surface area contributed by atoms with Crippen LogP contribution in [0.5, 0.6) is 0 Å². The summed E-state index contributed by atoms with van der Waals surface area (Å²) in [5.41, 5.74) is 7.27. The smallest absolute Gasteiger partial charge is 0.0658 e. The van der Waals surface area contributed by atoms with Crippen molar-refractivity contribution in [3.05, 3.63) is 16.4 Å². The zero-order valence-corrected chi connectivity index (χ0v) is 12.4. The largest absolute Gasteiger partial charge is 0.383 e. The highest BCUT2D eigenvalue weighted by Gasteiger charge is 2.12. The van der Waals surface area contributed by atoms with E-state index in [1.807, 2.05) is 10.9 Å². The number of ether oxygens (including phenoxy) is 1. The van der Waals surface area contributed by atoms with Crippen LogP contribution in [0.3, 0.4) is 0 Å². The van der Waals surface area contributed by atoms with Crippen molar-refractivity contribution >= 4 is 15.9 Å². The summed E-state index contributed by atoms with van der Waals surface area (Å²) in [5, 5.41) is 4.33. The first-order valence-electron chi connectivity index (χ1n) is 6.01. The number of aromatic nitrogens is 2. The Morgan fingerprint density at radius 3 is 2.82 bits per heavy atom. The summed E-state index contributed by atoms with van der Waals surface area (Å²) in [6, 6.07) is 0.243. The summed E-state index contributed by atoms with van der Waals surface area (Å²) in [6.07, 6.45) is 3.77. The quantitative estimate of drug-likeness (QED) is 0.840. The van der Waals surface area contributed by atoms with Crippen LogP contribution >= 0.6 is 15.9 Å². The third-order valence-corrected chi connectivity index (χ3v) is 3.64. The Hall–Kier alpha value is -0.390. The van der Waals surface area contributed by atoms with Crippen LogP contribution in [0.1, 0.15) is 26.0 Å². The van der Waals surface area contributed by atoms with Crippen molar-refractivity contribution in [2.75, 3.05) is 13.7 Å². The van der Waals surface area contributed by atoms with Crippen LogP contribution in [0.15, 0.2) is 10.7 Å². The van der Waals surface area contributed by atoms with Crippen LogP contribution in [0.25, 0.3) is 0 Å². The number of hydrogen-bond donors (Lipinski definition) is 1. The topological polar surface area (TPSA) is 53.1 Å². The molecule has 0 aliphatic carbocycles. The molecule has 2 N–H and O–H groups in total. The van der Waals surface area contributed by atoms with E-state index in [2.05, 4.69) is 34.9 Å². The van der Waals surface area contributed by atoms with Gasteiger partial charge in [0.1, 0.15) is 0 Å². The first-order chi connectivity index (χ1) is 8.06. The molecule has 5 heteroatoms. The van der Waals surface area contributed by atoms with E-state index >= 15 is 0 Å². The van der Waals surface area contributed by atoms with Crippen molar-refractivity contribution in [2.24, 2.45) is 11.7 Å². The molecule has 0 aromatic carbocycles. The normalized spacial score (nSPS) is 13.3. The van der Waals surface area contributed by atoms with E-state index in [0.29, 0.717) is 12.5 Å². The lowest BCUT2D eigenvalue weighted by Crippen LogP contribution is -2.27. The fraction of sp³-hybridized carbons (Fsp3) is 0.750. The second kappa shape index (κ2) is 7.13. The van der Waals surface area contributed by atoms with Crippen molar-refractivity contribution < 1.29 is 4.74 Å². The van der Waals surface area contributed by atoms with E-state index in [4.69, 9.17) is 10.5 Å². The Balaban J connectivity index is 2.59. The maximum absolute atomic E-state index is 6.06. The Labute approximate surface area is 112 Å². The van der Waals surface area contributed by atoms with Gasteiger partial charge in [0.05, 0.1) is 29.5 Å². The Morgan fingerprint density at radius 2 is 2.24 bits per heavy atom. The van der Waals surface area contributed by atoms with Gasteiger partial charge < -0.3 is 10.5 Å². The van der Waals surface area contributed by atoms with Crippen LogP contribution in [0.2, 0.25) is 0 Å². The molecule has 1 aromatic heterocycles. The standard InChI is InChI=1S/C12H22BrN3O/c1-9(2)11(14)4-5-12-10(13)8-15-16(12)6-7-17-3/h8-9,11H,4-7,14H2,1-3H3. The summed E-state index contributed by atoms with van der Waals surface area (Å²) in [5.74, 6) is 0.518. The SMILES string of the molecule is COCCn1ncc(Br)c1CCC(N)C(C)C. The lowest BCUT2D eigenvalue weighted by Gasteiger charge is -2.16. The molecular weight excluding hydrogens is 282 g/mol. The molecule has 4 nitrogen and oxygen atoms in total. The van der Waals surface area contributed by atoms with Gasteiger partial charge in [0.15, 0.2) is 0 Å². The van der Waals surface area contributed by atoms with Crippen LogP contribution in [0, 0.1) is 5.92 Å². The number of nitrogens with two attached hydrogens (primary N) is 1. The molecule has 98 valence electrons. The molecular formula is C12H22BrN3O. The van der Waals surface area contributed by atoms with Crippen molar-refractivity contribution in [2.45, 2.75) is 39.3 Å². The highest BCUT2D eigenvalue weighted by atomic mass is 79.9. The number of methoxy groups -OCH3 is 1. The average Bonchev–Trinajstić information content (AvgIpc) is 2.64. The molecule has 1 heterocycles. The summed E-state index contributed by atoms with van der Waals surface area (Å²) in [6.45, 7) is 5.77. The van der Waals surface area contributed by atoms with Gasteiger partial charge in [-0.15, -0.1) is 0 Å². The van der Waals surface area contributed by atoms with Crippen molar-refractivity contribution in [1.82, 2.24) is 9.78 Å². The van der Waals surface area contributed by atoms with Crippen molar-refractivity contribution in [1.29, 1.82) is 0 Å². The molecule has 0 fully saturated rings. The molecule has 0 saturated carbocycles. The van der Waals surface area contributed by atoms with E-state index in [9.17, 15) is 0 Å². The molecule has 1 atom stereocenters. The molecule has 0 spiro atoms. The molecule has 0 aliphatic rings. The van der Waals surface area contributed by atoms with Gasteiger partial charge >= 0.3 is 0 Å². The minimum absolute atomic E-state index is 0.243. The molecule has 17 heavy (non-hydrogen) atoms. The van der Waals surface area contributed by atoms with E-state index in [1.54, 1.807) is 7.11 Å². The van der Waals surface area contributed by atoms with Gasteiger partial charge in [-0.25, -0.2) is 0 Å². The second-order valence-corrected chi connectivity index (χ2v) is 5.46. The molecule has 0 bridgehead atoms. The van der Waals surface area contributed by atoms with Gasteiger partial charge in [-0.3, -0.25) is 4.68 Å². The molecule has 1 rings (SSSR count). The lowest BCUT2D eigenvalue weighted by atomic mass is 9.99. The highest BCUT2D eigenvalue weighted by Crippen LogP contribution is 2.19. The van der Waals surface area contributed by atoms with E-state index in [1.165, 1.54) is 5.69 Å². The van der Waals surface area contributed by atoms with Gasteiger partial charge in [-0.2, -0.15) is 5.10 Å². The van der Waals surface area contributed by atoms with E-state index < -0.39 is 0 Å². The summed E-state index contributed by atoms with van der Waals surface area (Å²) < 4.78 is 8.12. The van der Waals surface area contributed by atoms with Gasteiger partial charge in [0, 0.05) is 13.2 Å². The van der Waals surface area contributed by atoms with Crippen molar-refractivity contribution in [3.8, 4) is 0 Å². The Morgan fingerprint density at radius 1 is 1.53 bits per heavy atom. The summed E-state index contributed by atoms with van der Waals surface area (Å²) >= 11 is 3.53. The van der Waals surface area contributed by atoms with E-state index in [0.717, 1.165) is 23.9 Å². The summed E-state index contributed by atoms with van der Waals surface area (Å²) in [7, 11) is 1.70. The molecule has 0 saturated heterocycles. The third kappa shape index (κ3) is 4.41. The maximum Gasteiger partial charge on any atom is 0.0658 e. The summed E-state index contributed by atoms with van der Waals surface area (Å²) in [4.78, 5) is 0. The monoisotopic (exact) mass is 303 g/mol. The number of halogens is 1. The van der Waals surface area contributed by atoms with Gasteiger partial charge in [0.2, 0.25) is 0 Å². The zero-order chi connectivity index (χ0) is 12.8. The predicted molar refractivity (Wildman–Crippen MR) is 72.9 cm³/mol. The maximum atomic E-state index is 6.06. The van der Waals surface area contributed by atoms with Crippen LogP contribution in [-0.2, 0) is 17.7 Å². The van der Waals surface area contributed by atoms with Gasteiger partial charge in [-0.05, 0) is 34.7 Å². The molecule has 1 unspecified atom stereocenters.